The Morgan fingerprint density at radius 3 is 1.88 bits per heavy atom. The van der Waals surface area contributed by atoms with Crippen LogP contribution in [0.2, 0.25) is 0 Å². The lowest BCUT2D eigenvalue weighted by Crippen LogP contribution is -2.57. The van der Waals surface area contributed by atoms with Gasteiger partial charge in [0.1, 0.15) is 17.6 Å². The van der Waals surface area contributed by atoms with Crippen molar-refractivity contribution in [2.75, 3.05) is 6.61 Å². The highest BCUT2D eigenvalue weighted by Crippen LogP contribution is 2.14. The molecule has 0 saturated carbocycles. The molecule has 2 aromatic carbocycles. The summed E-state index contributed by atoms with van der Waals surface area (Å²) in [6.45, 7) is 4.85. The molecule has 0 unspecified atom stereocenters. The van der Waals surface area contributed by atoms with Gasteiger partial charge in [0, 0.05) is 1.23 Å². The molecule has 2 atom stereocenters. The van der Waals surface area contributed by atoms with Gasteiger partial charge in [0.25, 0.3) is 0 Å². The summed E-state index contributed by atoms with van der Waals surface area (Å²) in [5.74, 6) is 0. The van der Waals surface area contributed by atoms with Crippen molar-refractivity contribution >= 4 is 24.5 Å². The Morgan fingerprint density at radius 2 is 1.52 bits per heavy atom. The summed E-state index contributed by atoms with van der Waals surface area (Å²) in [4.78, 5) is 13.3. The first kappa shape index (κ1) is 18.0. The van der Waals surface area contributed by atoms with Crippen LogP contribution in [-0.2, 0) is 9.53 Å². The molecule has 25 heavy (non-hydrogen) atoms. The van der Waals surface area contributed by atoms with E-state index in [0.29, 0.717) is 10.4 Å². The quantitative estimate of drug-likeness (QED) is 0.713. The highest BCUT2D eigenvalue weighted by molar-refractivity contribution is 7.08. The number of carbonyl (C=O) groups excluding carboxylic acids is 1. The highest BCUT2D eigenvalue weighted by Gasteiger charge is 2.36. The second-order valence-electron chi connectivity index (χ2n) is 6.87. The van der Waals surface area contributed by atoms with Crippen molar-refractivity contribution in [2.24, 2.45) is 0 Å². The van der Waals surface area contributed by atoms with E-state index < -0.39 is 38.6 Å². The molecule has 2 N–H and O–H groups in total. The summed E-state index contributed by atoms with van der Waals surface area (Å²) >= 11 is 0. The molecule has 0 saturated heterocycles. The van der Waals surface area contributed by atoms with Gasteiger partial charge in [0.2, 0.25) is 0 Å². The summed E-state index contributed by atoms with van der Waals surface area (Å²) in [7, 11) is -3.65. The third-order valence-electron chi connectivity index (χ3n) is 3.68. The highest BCUT2D eigenvalue weighted by atomic mass is 28.3. The standard InChI is InChI=1S/C20H26O4Si/c1-20(2,3)24-17(14-21)18(22)19(23)25(15-10-6-4-7-11-15)16-12-8-5-9-13-16/h4-13,17-18,21-22,25H,14H2,1-3H3/t17-,18-/m1/s1/i25D. The van der Waals surface area contributed by atoms with Crippen LogP contribution in [0, 0.1) is 0 Å². The monoisotopic (exact) mass is 359 g/mol. The minimum Gasteiger partial charge on any atom is -0.394 e. The van der Waals surface area contributed by atoms with Gasteiger partial charge in [-0.3, -0.25) is 0 Å². The second-order valence-corrected chi connectivity index (χ2v) is 9.26. The molecule has 0 aliphatic carbocycles. The van der Waals surface area contributed by atoms with Crippen molar-refractivity contribution in [3.63, 3.8) is 0 Å². The van der Waals surface area contributed by atoms with Gasteiger partial charge in [-0.25, -0.2) is 0 Å². The van der Waals surface area contributed by atoms with Crippen molar-refractivity contribution in [2.45, 2.75) is 38.6 Å². The van der Waals surface area contributed by atoms with Crippen LogP contribution >= 0.6 is 0 Å². The molecule has 0 radical (unpaired) electrons. The van der Waals surface area contributed by atoms with E-state index in [1.807, 2.05) is 12.1 Å². The number of rotatable bonds is 7. The number of aliphatic hydroxyl groups excluding tert-OH is 2. The van der Waals surface area contributed by atoms with E-state index in [-0.39, 0.29) is 0 Å². The number of ether oxygens (including phenoxy) is 1. The SMILES string of the molecule is [2H][Si](C(=O)[C@H](O)[C@@H](CO)OC(C)(C)C)(c1ccccc1)c1ccccc1. The number of benzene rings is 2. The predicted octanol–water partition coefficient (Wildman–Crippen LogP) is 0.673. The first-order valence-electron chi connectivity index (χ1n) is 8.82. The molecule has 0 aliphatic heterocycles. The van der Waals surface area contributed by atoms with Crippen LogP contribution in [-0.4, -0.2) is 50.0 Å². The van der Waals surface area contributed by atoms with E-state index in [0.717, 1.165) is 0 Å². The Balaban J connectivity index is 2.47. The molecule has 4 nitrogen and oxygen atoms in total. The summed E-state index contributed by atoms with van der Waals surface area (Å²) in [6, 6.07) is 17.8. The second kappa shape index (κ2) is 8.54. The zero-order valence-electron chi connectivity index (χ0n) is 15.8. The van der Waals surface area contributed by atoms with Gasteiger partial charge in [-0.1, -0.05) is 60.7 Å². The minimum atomic E-state index is -3.65. The van der Waals surface area contributed by atoms with Gasteiger partial charge in [0.15, 0.2) is 8.73 Å². The van der Waals surface area contributed by atoms with Gasteiger partial charge in [-0.2, -0.15) is 0 Å². The minimum absolute atomic E-state index is 0.502. The third-order valence-corrected chi connectivity index (χ3v) is 6.29. The Labute approximate surface area is 151 Å². The van der Waals surface area contributed by atoms with Crippen LogP contribution < -0.4 is 10.4 Å². The molecule has 0 spiro atoms. The van der Waals surface area contributed by atoms with E-state index in [2.05, 4.69) is 0 Å². The molecule has 0 aliphatic rings. The van der Waals surface area contributed by atoms with Crippen LogP contribution in [0.1, 0.15) is 20.8 Å². The lowest BCUT2D eigenvalue weighted by atomic mass is 10.1. The predicted molar refractivity (Wildman–Crippen MR) is 102 cm³/mol. The van der Waals surface area contributed by atoms with Crippen molar-refractivity contribution in [1.82, 2.24) is 0 Å². The first-order chi connectivity index (χ1) is 12.2. The molecule has 0 aromatic heterocycles. The molecular formula is C20H26O4Si. The first-order valence-corrected chi connectivity index (χ1v) is 9.82. The van der Waals surface area contributed by atoms with Gasteiger partial charge in [-0.15, -0.1) is 0 Å². The van der Waals surface area contributed by atoms with Crippen LogP contribution in [0.3, 0.4) is 0 Å². The lowest BCUT2D eigenvalue weighted by molar-refractivity contribution is -0.146. The molecule has 0 bridgehead atoms. The van der Waals surface area contributed by atoms with Crippen molar-refractivity contribution < 1.29 is 19.7 Å². The molecule has 0 heterocycles. The number of aliphatic hydroxyl groups is 2. The van der Waals surface area contributed by atoms with Crippen LogP contribution in [0.4, 0.5) is 0 Å². The van der Waals surface area contributed by atoms with Crippen molar-refractivity contribution in [3.05, 3.63) is 60.7 Å². The largest absolute Gasteiger partial charge is 0.394 e. The van der Waals surface area contributed by atoms with Gasteiger partial charge in [-0.05, 0) is 31.1 Å². The third kappa shape index (κ3) is 5.34. The molecule has 2 aromatic rings. The zero-order chi connectivity index (χ0) is 19.4. The van der Waals surface area contributed by atoms with Crippen molar-refractivity contribution in [3.8, 4) is 0 Å². The van der Waals surface area contributed by atoms with E-state index in [4.69, 9.17) is 5.97 Å². The van der Waals surface area contributed by atoms with E-state index in [1.54, 1.807) is 69.3 Å². The Morgan fingerprint density at radius 1 is 1.08 bits per heavy atom. The lowest BCUT2D eigenvalue weighted by Gasteiger charge is -2.30. The maximum Gasteiger partial charge on any atom is 0.181 e. The van der Waals surface area contributed by atoms with Gasteiger partial charge >= 0.3 is 0 Å². The fourth-order valence-electron chi connectivity index (χ4n) is 2.63. The molecule has 0 fully saturated rings. The number of carbonyl (C=O) groups is 1. The Hall–Kier alpha value is -1.79. The molecular weight excluding hydrogens is 332 g/mol. The molecule has 0 amide bonds. The van der Waals surface area contributed by atoms with Crippen LogP contribution in [0.25, 0.3) is 0 Å². The van der Waals surface area contributed by atoms with Crippen molar-refractivity contribution in [1.29, 1.82) is 1.23 Å². The summed E-state index contributed by atoms with van der Waals surface area (Å²) in [5.41, 5.74) is -0.638. The smallest absolute Gasteiger partial charge is 0.181 e. The fourth-order valence-corrected chi connectivity index (χ4v) is 5.07. The maximum atomic E-state index is 13.3. The van der Waals surface area contributed by atoms with E-state index >= 15 is 0 Å². The Kier molecular flexibility index (Phi) is 6.15. The molecule has 5 heteroatoms. The Bertz CT molecular complexity index is 676. The maximum absolute atomic E-state index is 13.3. The van der Waals surface area contributed by atoms with Crippen LogP contribution in [0.5, 0.6) is 0 Å². The average Bonchev–Trinajstić information content (AvgIpc) is 2.65. The zero-order valence-corrected chi connectivity index (χ0v) is 15.8. The van der Waals surface area contributed by atoms with Crippen LogP contribution in [0.15, 0.2) is 60.7 Å². The molecule has 2 rings (SSSR count). The number of hydrogen-bond donors (Lipinski definition) is 2. The van der Waals surface area contributed by atoms with E-state index in [1.165, 1.54) is 0 Å². The summed E-state index contributed by atoms with van der Waals surface area (Å²) in [5, 5.41) is 20.9. The summed E-state index contributed by atoms with van der Waals surface area (Å²) in [6.07, 6.45) is -2.66. The molecule has 134 valence electrons. The average molecular weight is 360 g/mol. The van der Waals surface area contributed by atoms with Gasteiger partial charge in [0.05, 0.1) is 12.2 Å². The van der Waals surface area contributed by atoms with Gasteiger partial charge < -0.3 is 19.7 Å². The fraction of sp³-hybridized carbons (Fsp3) is 0.350. The summed E-state index contributed by atoms with van der Waals surface area (Å²) < 4.78 is 14.8. The van der Waals surface area contributed by atoms with E-state index in [9.17, 15) is 15.0 Å². The topological polar surface area (TPSA) is 66.8 Å². The normalized spacial score (nSPS) is 15.3. The number of hydrogen-bond acceptors (Lipinski definition) is 4.